The number of Topliss-reactive ketones (excluding diaryl/α,β-unsaturated/α-hetero) is 2. The van der Waals surface area contributed by atoms with Crippen LogP contribution in [0.4, 0.5) is 45.8 Å². The molecule has 10 aromatic rings. The van der Waals surface area contributed by atoms with Crippen LogP contribution in [0.5, 0.6) is 0 Å². The van der Waals surface area contributed by atoms with Crippen molar-refractivity contribution in [3.8, 4) is 20.9 Å². The van der Waals surface area contributed by atoms with E-state index >= 15 is 0 Å². The molecule has 0 saturated carbocycles. The molecule has 3 amide bonds. The van der Waals surface area contributed by atoms with Crippen LogP contribution in [0.1, 0.15) is 132 Å². The number of rotatable bonds is 16. The molecule has 14 rings (SSSR count). The highest BCUT2D eigenvalue weighted by atomic mass is 79.9. The van der Waals surface area contributed by atoms with Crippen LogP contribution in [0.3, 0.4) is 0 Å². The Morgan fingerprint density at radius 1 is 0.413 bits per heavy atom. The number of nitrogens with zero attached hydrogens (tertiary/aromatic N) is 13. The number of nitrogens with two attached hydrogens (primary N) is 2. The first-order valence-electron chi connectivity index (χ1n) is 37.6. The lowest BCUT2D eigenvalue weighted by Gasteiger charge is -2.35. The standard InChI is InChI=1S/C24H28N4O3S2.C19H20N4OS2.C14H21N3O4S.C13H19N3O4S.C5H4BrNO2S.C4H2BrNO2S/c1-24(2,3)31-23(30)28-10-8-27(9-11-28)21-15-26-22(33-21)19(29)14-17-13-16(6-7-18(17)25)20-5-4-12-32-20;20-15-4-3-13(17-2-1-9-25-17)10-14(15)11-16(24)19-22-12-18(26-19)23-7-5-21-6-8-23;1-14(2,3)21-13(19)17-7-5-16(6-8-17)10-9-15-11(22-10)12(18)20-4;1-13(2,3)20-12(19)16-6-4-15(5-7-16)9-8-14-10(21-9)11(17)18;1-9-5(8)4-7-2-3(6)10-4;5-2-1-6-3(9-2)4(7)8/h4-7,12-13,15H,8-11,14,25H2,1-3H3;1-4,9-10,12,21H,5-8,11,20H2;9H,5-8H2,1-4H3;8H,4-7H2,1-3H3,(H,17,18);2H,1H3;1H,(H,7,8). The first-order chi connectivity index (χ1) is 57.4. The van der Waals surface area contributed by atoms with Crippen molar-refractivity contribution in [3.63, 3.8) is 0 Å². The number of thiazole rings is 6. The third kappa shape index (κ3) is 29.6. The fourth-order valence-corrected chi connectivity index (χ4v) is 18.5. The number of ketones is 2. The summed E-state index contributed by atoms with van der Waals surface area (Å²) in [5, 5.41) is 30.3. The Morgan fingerprint density at radius 3 is 1.01 bits per heavy atom. The van der Waals surface area contributed by atoms with Gasteiger partial charge < -0.3 is 85.0 Å². The molecule has 7 N–H and O–H groups in total. The molecular weight excluding hydrogens is 1850 g/mol. The number of nitrogens with one attached hydrogen (secondary N) is 1. The van der Waals surface area contributed by atoms with Crippen LogP contribution >= 0.6 is 123 Å². The van der Waals surface area contributed by atoms with E-state index in [9.17, 15) is 43.2 Å². The maximum atomic E-state index is 12.9. The molecule has 0 aliphatic carbocycles. The van der Waals surface area contributed by atoms with Crippen LogP contribution in [0.15, 0.2) is 116 Å². The minimum Gasteiger partial charge on any atom is -0.476 e. The number of aromatic carboxylic acids is 2. The van der Waals surface area contributed by atoms with Gasteiger partial charge in [0, 0.05) is 139 Å². The topological polar surface area (TPSA) is 404 Å². The van der Waals surface area contributed by atoms with Crippen LogP contribution in [0.2, 0.25) is 0 Å². The summed E-state index contributed by atoms with van der Waals surface area (Å²) in [6, 6.07) is 19.9. The van der Waals surface area contributed by atoms with Gasteiger partial charge in [-0.2, -0.15) is 0 Å². The maximum absolute atomic E-state index is 12.9. The minimum atomic E-state index is -1.02. The number of benzene rings is 2. The van der Waals surface area contributed by atoms with Crippen LogP contribution in [-0.2, 0) is 36.5 Å². The molecule has 4 aliphatic heterocycles. The number of carbonyl (C=O) groups is 9. The van der Waals surface area contributed by atoms with Gasteiger partial charge in [0.2, 0.25) is 20.0 Å². The van der Waals surface area contributed by atoms with E-state index in [1.54, 1.807) is 62.2 Å². The summed E-state index contributed by atoms with van der Waals surface area (Å²) in [5.41, 5.74) is 15.9. The number of ether oxygens (including phenoxy) is 5. The molecule has 0 bridgehead atoms. The van der Waals surface area contributed by atoms with Crippen molar-refractivity contribution in [1.29, 1.82) is 0 Å². The Balaban J connectivity index is 0.000000172. The van der Waals surface area contributed by atoms with Gasteiger partial charge >= 0.3 is 42.2 Å². The van der Waals surface area contributed by atoms with Gasteiger partial charge in [0.15, 0.2) is 21.6 Å². The second kappa shape index (κ2) is 44.4. The van der Waals surface area contributed by atoms with E-state index in [0.29, 0.717) is 110 Å². The van der Waals surface area contributed by atoms with Crippen molar-refractivity contribution in [1.82, 2.24) is 49.9 Å². The van der Waals surface area contributed by atoms with Gasteiger partial charge in [0.1, 0.15) is 36.8 Å². The molecule has 4 fully saturated rings. The lowest BCUT2D eigenvalue weighted by atomic mass is 10.0. The Morgan fingerprint density at radius 2 is 0.711 bits per heavy atom. The highest BCUT2D eigenvalue weighted by Crippen LogP contribution is 2.35. The van der Waals surface area contributed by atoms with E-state index in [1.165, 1.54) is 70.6 Å². The molecule has 0 unspecified atom stereocenters. The number of anilines is 6. The van der Waals surface area contributed by atoms with E-state index in [4.69, 9.17) is 35.9 Å². The van der Waals surface area contributed by atoms with Crippen LogP contribution < -0.4 is 36.4 Å². The number of methoxy groups -OCH3 is 2. The van der Waals surface area contributed by atoms with Crippen LogP contribution in [-0.4, -0.2) is 244 Å². The molecule has 0 atom stereocenters. The number of thiophene rings is 2. The number of carbonyl (C=O) groups excluding carboxylic acids is 7. The van der Waals surface area contributed by atoms with Gasteiger partial charge in [-0.1, -0.05) is 69.6 Å². The smallest absolute Gasteiger partial charge is 0.410 e. The van der Waals surface area contributed by atoms with Crippen molar-refractivity contribution < 1.29 is 77.0 Å². The maximum Gasteiger partial charge on any atom is 0.410 e. The summed E-state index contributed by atoms with van der Waals surface area (Å²) in [6.45, 7) is 27.9. The largest absolute Gasteiger partial charge is 0.476 e. The molecule has 4 saturated heterocycles. The lowest BCUT2D eigenvalue weighted by Crippen LogP contribution is -2.49. The summed E-state index contributed by atoms with van der Waals surface area (Å²) in [4.78, 5) is 145. The summed E-state index contributed by atoms with van der Waals surface area (Å²) >= 11 is 17.3. The van der Waals surface area contributed by atoms with E-state index in [1.807, 2.05) is 133 Å². The van der Waals surface area contributed by atoms with Crippen molar-refractivity contribution >= 4 is 208 Å². The van der Waals surface area contributed by atoms with Gasteiger partial charge in [-0.3, -0.25) is 9.59 Å². The third-order valence-corrected chi connectivity index (χ3v) is 26.3. The SMILES string of the molecule is CC(C)(C)OC(=O)N1CCN(c2cnc(C(=O)Cc3cc(-c4cccs4)ccc3N)s2)CC1.CC(C)(C)OC(=O)N1CCN(c2cnc(C(=O)O)s2)CC1.COC(=O)c1ncc(Br)s1.COC(=O)c1ncc(N2CCN(C(=O)OC(C)(C)C)CC2)s1.Nc1ccc(-c2cccs2)cc1CC(=O)c1ncc(N2CCNCC2)s1.O=C(O)c1ncc(Br)s1. The van der Waals surface area contributed by atoms with Crippen molar-refractivity contribution in [3.05, 3.63) is 157 Å². The second-order valence-corrected chi connectivity index (χ2v) is 40.4. The summed E-state index contributed by atoms with van der Waals surface area (Å²) < 4.78 is 26.8. The average molecular weight is 1940 g/mol. The van der Waals surface area contributed by atoms with Gasteiger partial charge in [-0.25, -0.2) is 63.5 Å². The Hall–Kier alpha value is -9.63. The van der Waals surface area contributed by atoms with Crippen LogP contribution in [0.25, 0.3) is 20.9 Å². The first kappa shape index (κ1) is 95.2. The average Bonchev–Trinajstić information content (AvgIpc) is 1.80. The molecular formula is C79H94Br2N16O16S8. The predicted octanol–water partition coefficient (Wildman–Crippen LogP) is 15.4. The highest BCUT2D eigenvalue weighted by Gasteiger charge is 2.32. The molecule has 4 aliphatic rings. The Labute approximate surface area is 748 Å². The predicted molar refractivity (Wildman–Crippen MR) is 484 cm³/mol. The van der Waals surface area contributed by atoms with E-state index in [-0.39, 0.29) is 52.7 Å². The van der Waals surface area contributed by atoms with Crippen molar-refractivity contribution in [2.75, 3.05) is 150 Å². The number of aromatic nitrogens is 6. The number of hydrogen-bond acceptors (Lipinski definition) is 35. The molecule has 0 radical (unpaired) electrons. The molecule has 8 aromatic heterocycles. The first-order valence-corrected chi connectivity index (χ1v) is 45.9. The van der Waals surface area contributed by atoms with E-state index in [0.717, 1.165) is 104 Å². The molecule has 32 nitrogen and oxygen atoms in total. The summed E-state index contributed by atoms with van der Waals surface area (Å²) in [7, 11) is 2.67. The summed E-state index contributed by atoms with van der Waals surface area (Å²) in [6.07, 6.45) is 9.43. The third-order valence-electron chi connectivity index (χ3n) is 17.2. The van der Waals surface area contributed by atoms with Gasteiger partial charge in [0.25, 0.3) is 0 Å². The summed E-state index contributed by atoms with van der Waals surface area (Å²) in [5.74, 6) is -2.84. The molecule has 42 heteroatoms. The number of hydrogen-bond donors (Lipinski definition) is 5. The number of nitrogen functional groups attached to an aromatic ring is 2. The number of piperazine rings is 4. The zero-order valence-corrected chi connectivity index (χ0v) is 77.9. The molecule has 0 spiro atoms. The van der Waals surface area contributed by atoms with Crippen molar-refractivity contribution in [2.24, 2.45) is 0 Å². The van der Waals surface area contributed by atoms with E-state index in [2.05, 4.69) is 103 Å². The number of carboxylic acids is 2. The van der Waals surface area contributed by atoms with Gasteiger partial charge in [-0.05, 0) is 164 Å². The molecule has 2 aromatic carbocycles. The monoisotopic (exact) mass is 1940 g/mol. The van der Waals surface area contributed by atoms with Crippen molar-refractivity contribution in [2.45, 2.75) is 92.0 Å². The number of esters is 2. The molecule has 12 heterocycles. The minimum absolute atomic E-state index is 0.0198. The molecule has 648 valence electrons. The van der Waals surface area contributed by atoms with Gasteiger partial charge in [0.05, 0.1) is 59.0 Å². The zero-order valence-electron chi connectivity index (χ0n) is 68.2. The van der Waals surface area contributed by atoms with Gasteiger partial charge in [-0.15, -0.1) is 45.3 Å². The number of halogens is 2. The number of carboxylic acid groups (broad SMARTS) is 2. The highest BCUT2D eigenvalue weighted by molar-refractivity contribution is 9.11. The Bertz CT molecular complexity index is 5120. The number of amides is 3. The normalized spacial score (nSPS) is 14.1. The second-order valence-electron chi connectivity index (χ2n) is 29.6. The lowest BCUT2D eigenvalue weighted by molar-refractivity contribution is 0.0230. The molecule has 121 heavy (non-hydrogen) atoms. The zero-order chi connectivity index (χ0) is 87.9. The fraction of sp³-hybridized carbons (Fsp3) is 0.405. The quantitative estimate of drug-likeness (QED) is 0.0259. The Kier molecular flexibility index (Phi) is 35.0. The fourth-order valence-electron chi connectivity index (χ4n) is 11.4. The van der Waals surface area contributed by atoms with E-state index < -0.39 is 40.7 Å². The van der Waals surface area contributed by atoms with Crippen LogP contribution in [0, 0.1) is 0 Å².